The first kappa shape index (κ1) is 14.5. The van der Waals surface area contributed by atoms with Gasteiger partial charge < -0.3 is 5.32 Å². The molecule has 2 aromatic rings. The predicted molar refractivity (Wildman–Crippen MR) is 84.8 cm³/mol. The van der Waals surface area contributed by atoms with Crippen molar-refractivity contribution in [3.8, 4) is 0 Å². The normalized spacial score (nSPS) is 15.0. The number of thiazole rings is 1. The molecule has 0 aliphatic rings. The maximum atomic E-state index is 4.78. The number of para-hydroxylation sites is 1. The molecule has 0 fully saturated rings. The Bertz CT molecular complexity index is 499. The molecule has 0 aliphatic heterocycles. The van der Waals surface area contributed by atoms with Crippen LogP contribution in [0.3, 0.4) is 0 Å². The van der Waals surface area contributed by atoms with Gasteiger partial charge in [0.25, 0.3) is 0 Å². The van der Waals surface area contributed by atoms with Crippen molar-refractivity contribution in [2.24, 2.45) is 11.3 Å². The highest BCUT2D eigenvalue weighted by Gasteiger charge is 2.29. The van der Waals surface area contributed by atoms with Crippen molar-refractivity contribution in [3.63, 3.8) is 0 Å². The highest BCUT2D eigenvalue weighted by atomic mass is 32.1. The van der Waals surface area contributed by atoms with Crippen LogP contribution in [0.15, 0.2) is 24.3 Å². The number of nitrogens with zero attached hydrogens (tertiary/aromatic N) is 1. The van der Waals surface area contributed by atoms with Gasteiger partial charge in [-0.05, 0) is 30.0 Å². The van der Waals surface area contributed by atoms with Gasteiger partial charge in [-0.15, -0.1) is 11.3 Å². The fourth-order valence-corrected chi connectivity index (χ4v) is 3.39. The van der Waals surface area contributed by atoms with E-state index >= 15 is 0 Å². The molecular formula is C16H24N2S. The van der Waals surface area contributed by atoms with E-state index in [0.29, 0.717) is 5.92 Å². The Balaban J connectivity index is 2.20. The summed E-state index contributed by atoms with van der Waals surface area (Å²) in [5.41, 5.74) is 1.40. The van der Waals surface area contributed by atoms with Crippen molar-refractivity contribution in [1.82, 2.24) is 10.3 Å². The predicted octanol–water partition coefficient (Wildman–Crippen LogP) is 4.11. The SMILES string of the molecule is CCNCC(C)(Cc1nc2ccccc2s1)C(C)C. The molecule has 0 spiro atoms. The fourth-order valence-electron chi connectivity index (χ4n) is 2.22. The van der Waals surface area contributed by atoms with Crippen LogP contribution in [0.1, 0.15) is 32.7 Å². The summed E-state index contributed by atoms with van der Waals surface area (Å²) in [6.07, 6.45) is 1.05. The van der Waals surface area contributed by atoms with Crippen LogP contribution in [-0.2, 0) is 6.42 Å². The van der Waals surface area contributed by atoms with Gasteiger partial charge >= 0.3 is 0 Å². The summed E-state index contributed by atoms with van der Waals surface area (Å²) in [5, 5.41) is 4.76. The third kappa shape index (κ3) is 3.34. The molecule has 0 saturated heterocycles. The lowest BCUT2D eigenvalue weighted by molar-refractivity contribution is 0.209. The molecule has 1 unspecified atom stereocenters. The van der Waals surface area contributed by atoms with E-state index in [4.69, 9.17) is 4.98 Å². The van der Waals surface area contributed by atoms with E-state index in [1.165, 1.54) is 9.71 Å². The molecule has 104 valence electrons. The van der Waals surface area contributed by atoms with E-state index in [9.17, 15) is 0 Å². The molecule has 1 N–H and O–H groups in total. The summed E-state index contributed by atoms with van der Waals surface area (Å²) in [5.74, 6) is 0.638. The van der Waals surface area contributed by atoms with E-state index in [2.05, 4.69) is 57.3 Å². The van der Waals surface area contributed by atoms with E-state index in [1.54, 1.807) is 0 Å². The van der Waals surface area contributed by atoms with Gasteiger partial charge in [0.15, 0.2) is 0 Å². The van der Waals surface area contributed by atoms with E-state index in [0.717, 1.165) is 25.0 Å². The van der Waals surface area contributed by atoms with Crippen LogP contribution in [0.25, 0.3) is 10.2 Å². The second kappa shape index (κ2) is 6.02. The van der Waals surface area contributed by atoms with E-state index in [1.807, 2.05) is 11.3 Å². The second-order valence-electron chi connectivity index (χ2n) is 5.84. The van der Waals surface area contributed by atoms with Gasteiger partial charge in [0.1, 0.15) is 0 Å². The summed E-state index contributed by atoms with van der Waals surface area (Å²) in [7, 11) is 0. The average molecular weight is 276 g/mol. The molecule has 1 atom stereocenters. The number of nitrogens with one attached hydrogen (secondary N) is 1. The second-order valence-corrected chi connectivity index (χ2v) is 6.96. The first-order chi connectivity index (χ1) is 9.05. The Morgan fingerprint density at radius 1 is 1.32 bits per heavy atom. The quantitative estimate of drug-likeness (QED) is 0.859. The van der Waals surface area contributed by atoms with Crippen LogP contribution in [0.5, 0.6) is 0 Å². The van der Waals surface area contributed by atoms with Gasteiger partial charge in [-0.1, -0.05) is 39.8 Å². The van der Waals surface area contributed by atoms with Crippen LogP contribution < -0.4 is 5.32 Å². The molecular weight excluding hydrogens is 252 g/mol. The number of benzene rings is 1. The van der Waals surface area contributed by atoms with Gasteiger partial charge in [-0.2, -0.15) is 0 Å². The average Bonchev–Trinajstić information content (AvgIpc) is 2.78. The zero-order valence-corrected chi connectivity index (χ0v) is 13.2. The maximum Gasteiger partial charge on any atom is 0.0944 e. The van der Waals surface area contributed by atoms with Gasteiger partial charge in [0.05, 0.1) is 15.2 Å². The molecule has 3 heteroatoms. The first-order valence-corrected chi connectivity index (χ1v) is 7.92. The van der Waals surface area contributed by atoms with Crippen molar-refractivity contribution < 1.29 is 0 Å². The summed E-state index contributed by atoms with van der Waals surface area (Å²) < 4.78 is 1.30. The molecule has 1 aromatic heterocycles. The van der Waals surface area contributed by atoms with Crippen molar-refractivity contribution in [1.29, 1.82) is 0 Å². The molecule has 1 heterocycles. The van der Waals surface area contributed by atoms with E-state index < -0.39 is 0 Å². The zero-order valence-electron chi connectivity index (χ0n) is 12.4. The monoisotopic (exact) mass is 276 g/mol. The van der Waals surface area contributed by atoms with Crippen LogP contribution in [-0.4, -0.2) is 18.1 Å². The van der Waals surface area contributed by atoms with Crippen molar-refractivity contribution in [3.05, 3.63) is 29.3 Å². The molecule has 19 heavy (non-hydrogen) atoms. The Morgan fingerprint density at radius 3 is 2.68 bits per heavy atom. The summed E-state index contributed by atoms with van der Waals surface area (Å²) >= 11 is 1.84. The van der Waals surface area contributed by atoms with Crippen LogP contribution in [0, 0.1) is 11.3 Å². The largest absolute Gasteiger partial charge is 0.316 e. The van der Waals surface area contributed by atoms with E-state index in [-0.39, 0.29) is 5.41 Å². The summed E-state index contributed by atoms with van der Waals surface area (Å²) in [4.78, 5) is 4.78. The van der Waals surface area contributed by atoms with Gasteiger partial charge in [-0.3, -0.25) is 0 Å². The third-order valence-electron chi connectivity index (χ3n) is 4.07. The van der Waals surface area contributed by atoms with Gasteiger partial charge in [-0.25, -0.2) is 4.98 Å². The lowest BCUT2D eigenvalue weighted by Crippen LogP contribution is -2.37. The lowest BCUT2D eigenvalue weighted by Gasteiger charge is -2.33. The third-order valence-corrected chi connectivity index (χ3v) is 5.10. The smallest absolute Gasteiger partial charge is 0.0944 e. The van der Waals surface area contributed by atoms with Crippen molar-refractivity contribution in [2.75, 3.05) is 13.1 Å². The molecule has 0 radical (unpaired) electrons. The number of hydrogen-bond acceptors (Lipinski definition) is 3. The molecule has 0 aliphatic carbocycles. The Hall–Kier alpha value is -0.930. The van der Waals surface area contributed by atoms with Gasteiger partial charge in [0, 0.05) is 13.0 Å². The zero-order chi connectivity index (χ0) is 13.9. The number of hydrogen-bond donors (Lipinski definition) is 1. The molecule has 0 bridgehead atoms. The maximum absolute atomic E-state index is 4.78. The first-order valence-electron chi connectivity index (χ1n) is 7.10. The standard InChI is InChI=1S/C16H24N2S/c1-5-17-11-16(4,12(2)3)10-15-18-13-8-6-7-9-14(13)19-15/h6-9,12,17H,5,10-11H2,1-4H3. The Morgan fingerprint density at radius 2 is 2.05 bits per heavy atom. The fraction of sp³-hybridized carbons (Fsp3) is 0.562. The minimum Gasteiger partial charge on any atom is -0.316 e. The minimum absolute atomic E-state index is 0.268. The van der Waals surface area contributed by atoms with Crippen molar-refractivity contribution >= 4 is 21.6 Å². The summed E-state index contributed by atoms with van der Waals surface area (Å²) in [6.45, 7) is 11.2. The molecule has 1 aromatic carbocycles. The van der Waals surface area contributed by atoms with Crippen molar-refractivity contribution in [2.45, 2.75) is 34.1 Å². The molecule has 0 amide bonds. The number of rotatable bonds is 6. The molecule has 0 saturated carbocycles. The Kier molecular flexibility index (Phi) is 4.58. The van der Waals surface area contributed by atoms with Crippen LogP contribution >= 0.6 is 11.3 Å². The molecule has 2 nitrogen and oxygen atoms in total. The minimum atomic E-state index is 0.268. The van der Waals surface area contributed by atoms with Crippen LogP contribution in [0.2, 0.25) is 0 Å². The lowest BCUT2D eigenvalue weighted by atomic mass is 9.76. The number of aromatic nitrogens is 1. The molecule has 2 rings (SSSR count). The van der Waals surface area contributed by atoms with Gasteiger partial charge in [0.2, 0.25) is 0 Å². The highest BCUT2D eigenvalue weighted by Crippen LogP contribution is 2.33. The highest BCUT2D eigenvalue weighted by molar-refractivity contribution is 7.18. The summed E-state index contributed by atoms with van der Waals surface area (Å²) in [6, 6.07) is 8.41. The Labute approximate surface area is 120 Å². The number of fused-ring (bicyclic) bond motifs is 1. The van der Waals surface area contributed by atoms with Crippen LogP contribution in [0.4, 0.5) is 0 Å². The topological polar surface area (TPSA) is 24.9 Å².